The molecule has 1 aliphatic heterocycles. The van der Waals surface area contributed by atoms with Crippen LogP contribution < -0.4 is 10.6 Å². The highest BCUT2D eigenvalue weighted by Crippen LogP contribution is 2.35. The first-order chi connectivity index (χ1) is 18.3. The van der Waals surface area contributed by atoms with Gasteiger partial charge in [-0.05, 0) is 86.3 Å². The molecule has 8 heteroatoms. The van der Waals surface area contributed by atoms with Gasteiger partial charge < -0.3 is 15.5 Å². The van der Waals surface area contributed by atoms with E-state index in [1.807, 2.05) is 31.3 Å². The van der Waals surface area contributed by atoms with Crippen molar-refractivity contribution in [3.63, 3.8) is 0 Å². The number of piperazine rings is 1. The predicted molar refractivity (Wildman–Crippen MR) is 161 cm³/mol. The third kappa shape index (κ3) is 6.98. The first-order valence-corrected chi connectivity index (χ1v) is 14.2. The summed E-state index contributed by atoms with van der Waals surface area (Å²) in [4.78, 5) is 18.0. The standard InChI is InChI=1S/C25H25ClFN2OP.C5H12N2/c1-14-3-6-18(7-4-14)29-25-19-9-16(5-8-24(19)28-12-20(25)15(2)31)17-10-22(26)21(13-30)23(27)11-17;1-7-4-2-6-3-5-7/h5,8-14,18,31H,3-4,6-7H2,1-2H3,(H,28,29);6H,2-5H2,1H3. The molecule has 2 aromatic carbocycles. The normalized spacial score (nSPS) is 19.9. The summed E-state index contributed by atoms with van der Waals surface area (Å²) in [5, 5.41) is 9.13. The van der Waals surface area contributed by atoms with Crippen molar-refractivity contribution in [3.8, 4) is 11.1 Å². The van der Waals surface area contributed by atoms with Crippen LogP contribution >= 0.6 is 20.5 Å². The van der Waals surface area contributed by atoms with Crippen LogP contribution in [0, 0.1) is 11.7 Å². The highest BCUT2D eigenvalue weighted by atomic mass is 35.5. The molecule has 2 heterocycles. The van der Waals surface area contributed by atoms with Gasteiger partial charge in [0.05, 0.1) is 21.8 Å². The smallest absolute Gasteiger partial charge is 0.154 e. The Balaban J connectivity index is 0.000000417. The molecule has 1 saturated carbocycles. The van der Waals surface area contributed by atoms with Gasteiger partial charge in [-0.2, -0.15) is 0 Å². The number of fused-ring (bicyclic) bond motifs is 1. The van der Waals surface area contributed by atoms with Gasteiger partial charge in [0.1, 0.15) is 5.82 Å². The Bertz CT molecular complexity index is 1280. The molecule has 0 amide bonds. The van der Waals surface area contributed by atoms with E-state index in [1.165, 1.54) is 32.0 Å². The molecule has 0 unspecified atom stereocenters. The molecule has 1 saturated heterocycles. The summed E-state index contributed by atoms with van der Waals surface area (Å²) in [5.74, 6) is 0.153. The number of anilines is 1. The summed E-state index contributed by atoms with van der Waals surface area (Å²) in [7, 11) is 5.84. The van der Waals surface area contributed by atoms with Gasteiger partial charge in [-0.25, -0.2) is 4.39 Å². The largest absolute Gasteiger partial charge is 0.381 e. The number of aldehydes is 1. The maximum atomic E-state index is 14.4. The molecule has 1 aromatic heterocycles. The lowest BCUT2D eigenvalue weighted by molar-refractivity contribution is 0.112. The van der Waals surface area contributed by atoms with Crippen LogP contribution in [0.25, 0.3) is 22.0 Å². The third-order valence-electron chi connectivity index (χ3n) is 7.51. The summed E-state index contributed by atoms with van der Waals surface area (Å²) in [6.07, 6.45) is 7.04. The predicted octanol–water partition coefficient (Wildman–Crippen LogP) is 6.70. The van der Waals surface area contributed by atoms with Crippen LogP contribution in [0.15, 0.2) is 36.5 Å². The number of hydrogen-bond acceptors (Lipinski definition) is 5. The maximum absolute atomic E-state index is 14.4. The minimum absolute atomic E-state index is 0.107. The van der Waals surface area contributed by atoms with Gasteiger partial charge in [0.15, 0.2) is 6.29 Å². The second-order valence-electron chi connectivity index (χ2n) is 10.5. The number of aromatic nitrogens is 1. The maximum Gasteiger partial charge on any atom is 0.154 e. The van der Waals surface area contributed by atoms with Gasteiger partial charge in [0.25, 0.3) is 0 Å². The van der Waals surface area contributed by atoms with Crippen molar-refractivity contribution >= 4 is 48.6 Å². The fourth-order valence-corrected chi connectivity index (χ4v) is 5.50. The Morgan fingerprint density at radius 3 is 2.45 bits per heavy atom. The van der Waals surface area contributed by atoms with E-state index in [0.29, 0.717) is 17.9 Å². The van der Waals surface area contributed by atoms with Gasteiger partial charge in [0, 0.05) is 49.4 Å². The van der Waals surface area contributed by atoms with E-state index in [0.717, 1.165) is 64.9 Å². The first kappa shape index (κ1) is 28.6. The Labute approximate surface area is 232 Å². The second kappa shape index (κ2) is 13.1. The molecule has 0 spiro atoms. The summed E-state index contributed by atoms with van der Waals surface area (Å²) in [6, 6.07) is 9.24. The van der Waals surface area contributed by atoms with Crippen LogP contribution in [0.2, 0.25) is 5.02 Å². The Hall–Kier alpha value is -2.37. The number of hydrogen-bond donors (Lipinski definition) is 2. The van der Waals surface area contributed by atoms with Crippen LogP contribution in [0.5, 0.6) is 0 Å². The highest BCUT2D eigenvalue weighted by molar-refractivity contribution is 7.22. The fraction of sp³-hybridized carbons (Fsp3) is 0.433. The molecule has 2 fully saturated rings. The summed E-state index contributed by atoms with van der Waals surface area (Å²) >= 11 is 6.14. The molecule has 0 bridgehead atoms. The van der Waals surface area contributed by atoms with Crippen molar-refractivity contribution in [1.82, 2.24) is 15.2 Å². The van der Waals surface area contributed by atoms with Crippen molar-refractivity contribution in [2.45, 2.75) is 45.6 Å². The second-order valence-corrected chi connectivity index (χ2v) is 11.7. The van der Waals surface area contributed by atoms with Crippen molar-refractivity contribution in [2.75, 3.05) is 38.5 Å². The lowest BCUT2D eigenvalue weighted by Crippen LogP contribution is -2.40. The molecule has 2 N–H and O–H groups in total. The van der Waals surface area contributed by atoms with E-state index in [-0.39, 0.29) is 10.6 Å². The lowest BCUT2D eigenvalue weighted by atomic mass is 9.87. The zero-order chi connectivity index (χ0) is 27.2. The molecule has 5 rings (SSSR count). The molecular weight excluding hydrogens is 518 g/mol. The minimum Gasteiger partial charge on any atom is -0.381 e. The molecule has 3 aromatic rings. The molecule has 0 radical (unpaired) electrons. The van der Waals surface area contributed by atoms with E-state index in [4.69, 9.17) is 11.6 Å². The van der Waals surface area contributed by atoms with Crippen LogP contribution in [0.1, 0.15) is 55.5 Å². The van der Waals surface area contributed by atoms with E-state index in [2.05, 4.69) is 43.4 Å². The van der Waals surface area contributed by atoms with Crippen LogP contribution in [-0.2, 0) is 0 Å². The molecule has 38 heavy (non-hydrogen) atoms. The number of likely N-dealkylation sites (N-methyl/N-ethyl adjacent to an activating group) is 1. The zero-order valence-electron chi connectivity index (χ0n) is 22.4. The Morgan fingerprint density at radius 2 is 1.87 bits per heavy atom. The molecule has 202 valence electrons. The van der Waals surface area contributed by atoms with Crippen molar-refractivity contribution in [3.05, 3.63) is 58.5 Å². The monoisotopic (exact) mass is 554 g/mol. The van der Waals surface area contributed by atoms with Gasteiger partial charge >= 0.3 is 0 Å². The van der Waals surface area contributed by atoms with E-state index < -0.39 is 5.82 Å². The lowest BCUT2D eigenvalue weighted by Gasteiger charge is -2.29. The Kier molecular flexibility index (Phi) is 9.89. The quantitative estimate of drug-likeness (QED) is 0.271. The van der Waals surface area contributed by atoms with Crippen LogP contribution in [-0.4, -0.2) is 60.7 Å². The Morgan fingerprint density at radius 1 is 1.16 bits per heavy atom. The number of halogens is 2. The van der Waals surface area contributed by atoms with Crippen molar-refractivity contribution in [2.24, 2.45) is 5.92 Å². The summed E-state index contributed by atoms with van der Waals surface area (Å²) in [5.41, 5.74) is 4.24. The zero-order valence-corrected chi connectivity index (χ0v) is 24.2. The van der Waals surface area contributed by atoms with Crippen LogP contribution in [0.4, 0.5) is 10.1 Å². The number of carbonyl (C=O) groups is 1. The number of rotatable bonds is 5. The average Bonchev–Trinajstić information content (AvgIpc) is 2.90. The molecular formula is C30H37ClFN4OP. The number of nitrogens with zero attached hydrogens (tertiary/aromatic N) is 2. The van der Waals surface area contributed by atoms with Gasteiger partial charge in [-0.3, -0.25) is 9.78 Å². The number of benzene rings is 2. The van der Waals surface area contributed by atoms with E-state index in [9.17, 15) is 9.18 Å². The third-order valence-corrected chi connectivity index (χ3v) is 8.09. The minimum atomic E-state index is -0.622. The molecule has 2 aliphatic rings. The summed E-state index contributed by atoms with van der Waals surface area (Å²) < 4.78 is 14.4. The number of carbonyl (C=O) groups excluding carboxylic acids is 1. The average molecular weight is 555 g/mol. The van der Waals surface area contributed by atoms with E-state index in [1.54, 1.807) is 6.07 Å². The van der Waals surface area contributed by atoms with E-state index >= 15 is 0 Å². The van der Waals surface area contributed by atoms with Gasteiger partial charge in [-0.1, -0.05) is 24.6 Å². The summed E-state index contributed by atoms with van der Waals surface area (Å²) in [6.45, 7) is 9.06. The highest BCUT2D eigenvalue weighted by Gasteiger charge is 2.21. The number of nitrogens with one attached hydrogen (secondary N) is 2. The molecule has 5 nitrogen and oxygen atoms in total. The molecule has 1 aliphatic carbocycles. The van der Waals surface area contributed by atoms with Gasteiger partial charge in [-0.15, -0.1) is 8.86 Å². The first-order valence-electron chi connectivity index (χ1n) is 13.4. The van der Waals surface area contributed by atoms with Crippen molar-refractivity contribution < 1.29 is 9.18 Å². The molecule has 0 atom stereocenters. The SMILES string of the molecule is CC(=P)c1cnc2ccc(-c3cc(F)c(C=O)c(Cl)c3)cc2c1NC1CCC(C)CC1.CN1CCNCC1. The van der Waals surface area contributed by atoms with Gasteiger partial charge in [0.2, 0.25) is 0 Å². The van der Waals surface area contributed by atoms with Crippen molar-refractivity contribution in [1.29, 1.82) is 0 Å². The number of pyridine rings is 1. The topological polar surface area (TPSA) is 57.3 Å². The van der Waals surface area contributed by atoms with Crippen LogP contribution in [0.3, 0.4) is 0 Å². The fourth-order valence-electron chi connectivity index (χ4n) is 5.06.